The van der Waals surface area contributed by atoms with E-state index in [1.165, 1.54) is 18.4 Å². The lowest BCUT2D eigenvalue weighted by atomic mass is 10.1. The van der Waals surface area contributed by atoms with Crippen LogP contribution in [0.2, 0.25) is 0 Å². The first-order chi connectivity index (χ1) is 4.79. The molecule has 1 rings (SSSR count). The zero-order chi connectivity index (χ0) is 7.40. The monoisotopic (exact) mass is 153 g/mol. The van der Waals surface area contributed by atoms with E-state index in [1.54, 1.807) is 11.3 Å². The molecular weight excluding hydrogens is 140 g/mol. The van der Waals surface area contributed by atoms with Gasteiger partial charge in [0, 0.05) is 5.38 Å². The van der Waals surface area contributed by atoms with Crippen molar-refractivity contribution in [3.63, 3.8) is 0 Å². The molecule has 0 saturated heterocycles. The Balaban J connectivity index is 2.28. The Labute approximate surface area is 66.9 Å². The highest BCUT2D eigenvalue weighted by molar-refractivity contribution is 7.07. The predicted octanol–water partition coefficient (Wildman–Crippen LogP) is 3.14. The molecule has 1 heterocycles. The van der Waals surface area contributed by atoms with Crippen molar-refractivity contribution >= 4 is 11.3 Å². The molecule has 0 unspecified atom stereocenters. The lowest BCUT2D eigenvalue weighted by Gasteiger charge is -2.00. The molecule has 0 fully saturated rings. The topological polar surface area (TPSA) is 0 Å². The van der Waals surface area contributed by atoms with Gasteiger partial charge in [0.1, 0.15) is 0 Å². The third-order valence-corrected chi connectivity index (χ3v) is 2.21. The molecule has 1 aromatic heterocycles. The highest BCUT2D eigenvalue weighted by atomic mass is 32.1. The average Bonchev–Trinajstić information content (AvgIpc) is 2.34. The van der Waals surface area contributed by atoms with Crippen molar-refractivity contribution in [2.45, 2.75) is 26.7 Å². The van der Waals surface area contributed by atoms with E-state index in [4.69, 9.17) is 0 Å². The molecule has 1 heteroatoms. The van der Waals surface area contributed by atoms with E-state index in [-0.39, 0.29) is 0 Å². The molecule has 0 bridgehead atoms. The summed E-state index contributed by atoms with van der Waals surface area (Å²) < 4.78 is 0. The summed E-state index contributed by atoms with van der Waals surface area (Å²) in [6, 6.07) is 2.09. The second-order valence-electron chi connectivity index (χ2n) is 3.01. The van der Waals surface area contributed by atoms with Crippen LogP contribution in [-0.2, 0) is 6.42 Å². The Morgan fingerprint density at radius 2 is 2.40 bits per heavy atom. The number of rotatable bonds is 3. The van der Waals surface area contributed by atoms with Gasteiger partial charge in [-0.05, 0) is 35.8 Å². The lowest BCUT2D eigenvalue weighted by Crippen LogP contribution is -1.89. The SMILES string of the molecule is CC(C)CCc1c[c]sc1. The van der Waals surface area contributed by atoms with Crippen molar-refractivity contribution in [2.75, 3.05) is 0 Å². The van der Waals surface area contributed by atoms with Crippen molar-refractivity contribution < 1.29 is 0 Å². The largest absolute Gasteiger partial charge is 0.143 e. The second kappa shape index (κ2) is 3.77. The van der Waals surface area contributed by atoms with Crippen molar-refractivity contribution in [3.8, 4) is 0 Å². The smallest absolute Gasteiger partial charge is 0.0445 e. The van der Waals surface area contributed by atoms with Crippen molar-refractivity contribution in [1.29, 1.82) is 0 Å². The fraction of sp³-hybridized carbons (Fsp3) is 0.556. The Hall–Kier alpha value is -0.300. The zero-order valence-electron chi connectivity index (χ0n) is 6.55. The Morgan fingerprint density at radius 3 is 2.90 bits per heavy atom. The van der Waals surface area contributed by atoms with Crippen LogP contribution in [0.3, 0.4) is 0 Å². The molecule has 0 aromatic carbocycles. The van der Waals surface area contributed by atoms with Gasteiger partial charge < -0.3 is 0 Å². The summed E-state index contributed by atoms with van der Waals surface area (Å²) in [4.78, 5) is 0. The van der Waals surface area contributed by atoms with Gasteiger partial charge in [0.25, 0.3) is 0 Å². The second-order valence-corrected chi connectivity index (χ2v) is 3.71. The molecule has 55 valence electrons. The highest BCUT2D eigenvalue weighted by Crippen LogP contribution is 2.11. The van der Waals surface area contributed by atoms with Crippen LogP contribution in [0.1, 0.15) is 25.8 Å². The molecule has 0 amide bonds. The molecule has 0 aliphatic rings. The molecule has 0 saturated carbocycles. The fourth-order valence-electron chi connectivity index (χ4n) is 0.840. The Morgan fingerprint density at radius 1 is 1.60 bits per heavy atom. The van der Waals surface area contributed by atoms with Crippen LogP contribution in [0.4, 0.5) is 0 Å². The Bertz CT molecular complexity index is 163. The zero-order valence-corrected chi connectivity index (χ0v) is 7.37. The third kappa shape index (κ3) is 2.53. The number of hydrogen-bond acceptors (Lipinski definition) is 1. The first-order valence-corrected chi connectivity index (χ1v) is 4.60. The maximum Gasteiger partial charge on any atom is 0.0445 e. The Kier molecular flexibility index (Phi) is 2.94. The third-order valence-electron chi connectivity index (χ3n) is 1.53. The molecule has 0 aliphatic carbocycles. The molecule has 0 aliphatic heterocycles. The molecule has 1 aromatic rings. The molecule has 0 spiro atoms. The molecule has 0 nitrogen and oxygen atoms in total. The quantitative estimate of drug-likeness (QED) is 0.626. The van der Waals surface area contributed by atoms with Crippen LogP contribution < -0.4 is 0 Å². The van der Waals surface area contributed by atoms with Crippen LogP contribution >= 0.6 is 11.3 Å². The average molecular weight is 153 g/mol. The van der Waals surface area contributed by atoms with Crippen LogP contribution in [0.15, 0.2) is 11.4 Å². The van der Waals surface area contributed by atoms with E-state index < -0.39 is 0 Å². The summed E-state index contributed by atoms with van der Waals surface area (Å²) in [5.41, 5.74) is 1.44. The van der Waals surface area contributed by atoms with Crippen LogP contribution in [0.25, 0.3) is 0 Å². The molecule has 1 radical (unpaired) electrons. The van der Waals surface area contributed by atoms with Gasteiger partial charge in [-0.15, -0.1) is 11.3 Å². The van der Waals surface area contributed by atoms with E-state index in [2.05, 4.69) is 30.7 Å². The minimum atomic E-state index is 0.819. The summed E-state index contributed by atoms with van der Waals surface area (Å²) in [6.07, 6.45) is 2.52. The van der Waals surface area contributed by atoms with Crippen molar-refractivity contribution in [2.24, 2.45) is 5.92 Å². The van der Waals surface area contributed by atoms with Crippen LogP contribution in [-0.4, -0.2) is 0 Å². The van der Waals surface area contributed by atoms with Gasteiger partial charge >= 0.3 is 0 Å². The van der Waals surface area contributed by atoms with Gasteiger partial charge in [-0.25, -0.2) is 0 Å². The van der Waals surface area contributed by atoms with Gasteiger partial charge in [0.2, 0.25) is 0 Å². The van der Waals surface area contributed by atoms with E-state index in [1.807, 2.05) is 0 Å². The molecular formula is C9H13S. The normalized spacial score (nSPS) is 10.7. The lowest BCUT2D eigenvalue weighted by molar-refractivity contribution is 0.587. The van der Waals surface area contributed by atoms with E-state index >= 15 is 0 Å². The highest BCUT2D eigenvalue weighted by Gasteiger charge is 1.95. The van der Waals surface area contributed by atoms with Crippen LogP contribution in [0.5, 0.6) is 0 Å². The van der Waals surface area contributed by atoms with E-state index in [0.29, 0.717) is 0 Å². The summed E-state index contributed by atoms with van der Waals surface area (Å²) in [5, 5.41) is 5.28. The molecule has 0 N–H and O–H groups in total. The van der Waals surface area contributed by atoms with E-state index in [9.17, 15) is 0 Å². The molecule has 0 atom stereocenters. The number of aryl methyl sites for hydroxylation is 1. The summed E-state index contributed by atoms with van der Waals surface area (Å²) in [5.74, 6) is 0.819. The minimum absolute atomic E-state index is 0.819. The fourth-order valence-corrected chi connectivity index (χ4v) is 1.46. The van der Waals surface area contributed by atoms with Gasteiger partial charge in [-0.3, -0.25) is 0 Å². The first kappa shape index (κ1) is 7.80. The molecule has 10 heavy (non-hydrogen) atoms. The maximum atomic E-state index is 3.10. The van der Waals surface area contributed by atoms with Gasteiger partial charge in [0.05, 0.1) is 0 Å². The summed E-state index contributed by atoms with van der Waals surface area (Å²) in [6.45, 7) is 4.52. The summed E-state index contributed by atoms with van der Waals surface area (Å²) in [7, 11) is 0. The standard InChI is InChI=1S/C9H13S/c1-8(2)3-4-9-5-6-10-7-9/h5,7-8H,3-4H2,1-2H3. The van der Waals surface area contributed by atoms with Gasteiger partial charge in [-0.2, -0.15) is 0 Å². The number of hydrogen-bond donors (Lipinski definition) is 0. The van der Waals surface area contributed by atoms with Gasteiger partial charge in [0.15, 0.2) is 0 Å². The van der Waals surface area contributed by atoms with Crippen molar-refractivity contribution in [3.05, 3.63) is 22.4 Å². The predicted molar refractivity (Wildman–Crippen MR) is 46.3 cm³/mol. The van der Waals surface area contributed by atoms with Crippen LogP contribution in [0, 0.1) is 11.3 Å². The summed E-state index contributed by atoms with van der Waals surface area (Å²) >= 11 is 1.67. The van der Waals surface area contributed by atoms with Crippen molar-refractivity contribution in [1.82, 2.24) is 0 Å². The number of thiophene rings is 1. The minimum Gasteiger partial charge on any atom is -0.143 e. The maximum absolute atomic E-state index is 3.10. The first-order valence-electron chi connectivity index (χ1n) is 3.72. The van der Waals surface area contributed by atoms with E-state index in [0.717, 1.165) is 5.92 Å². The van der Waals surface area contributed by atoms with Gasteiger partial charge in [-0.1, -0.05) is 13.8 Å².